The molecule has 1 nitrogen and oxygen atoms in total. The SMILES string of the molecule is N#Cc1ccc(CC(=S)CC2CCCCCCC2)cc1. The Morgan fingerprint density at radius 1 is 1.05 bits per heavy atom. The smallest absolute Gasteiger partial charge is 0.0991 e. The molecule has 0 amide bonds. The van der Waals surface area contributed by atoms with Crippen molar-refractivity contribution in [3.05, 3.63) is 35.4 Å². The Hall–Kier alpha value is -1.20. The summed E-state index contributed by atoms with van der Waals surface area (Å²) in [5, 5.41) is 8.80. The number of thiocarbonyl (C=S) groups is 1. The van der Waals surface area contributed by atoms with E-state index in [1.54, 1.807) is 0 Å². The first-order valence-electron chi connectivity index (χ1n) is 7.78. The van der Waals surface area contributed by atoms with Gasteiger partial charge in [0.15, 0.2) is 0 Å². The predicted octanol–water partition coefficient (Wildman–Crippen LogP) is 5.22. The van der Waals surface area contributed by atoms with E-state index in [1.807, 2.05) is 24.3 Å². The number of rotatable bonds is 4. The molecule has 0 heterocycles. The third kappa shape index (κ3) is 5.06. The van der Waals surface area contributed by atoms with E-state index in [4.69, 9.17) is 17.5 Å². The number of nitriles is 1. The summed E-state index contributed by atoms with van der Waals surface area (Å²) in [6.45, 7) is 0. The van der Waals surface area contributed by atoms with Gasteiger partial charge in [-0.05, 0) is 34.9 Å². The minimum Gasteiger partial charge on any atom is -0.192 e. The minimum atomic E-state index is 0.722. The van der Waals surface area contributed by atoms with Gasteiger partial charge in [-0.1, -0.05) is 69.3 Å². The summed E-state index contributed by atoms with van der Waals surface area (Å²) in [4.78, 5) is 1.18. The second-order valence-corrected chi connectivity index (χ2v) is 6.52. The molecule has 0 spiro atoms. The van der Waals surface area contributed by atoms with Gasteiger partial charge in [0.05, 0.1) is 11.6 Å². The van der Waals surface area contributed by atoms with Crippen molar-refractivity contribution < 1.29 is 0 Å². The summed E-state index contributed by atoms with van der Waals surface area (Å²) in [6, 6.07) is 9.98. The molecule has 0 radical (unpaired) electrons. The Morgan fingerprint density at radius 3 is 2.25 bits per heavy atom. The van der Waals surface area contributed by atoms with Crippen molar-refractivity contribution in [3.63, 3.8) is 0 Å². The second-order valence-electron chi connectivity index (χ2n) is 5.94. The summed E-state index contributed by atoms with van der Waals surface area (Å²) >= 11 is 5.59. The first-order valence-corrected chi connectivity index (χ1v) is 8.19. The van der Waals surface area contributed by atoms with Gasteiger partial charge in [0, 0.05) is 6.42 Å². The Bertz CT molecular complexity index is 461. The fraction of sp³-hybridized carbons (Fsp3) is 0.556. The van der Waals surface area contributed by atoms with Crippen molar-refractivity contribution in [3.8, 4) is 6.07 Å². The molecule has 0 saturated heterocycles. The van der Waals surface area contributed by atoms with Gasteiger partial charge in [0.25, 0.3) is 0 Å². The van der Waals surface area contributed by atoms with Crippen LogP contribution in [0.15, 0.2) is 24.3 Å². The lowest BCUT2D eigenvalue weighted by molar-refractivity contribution is 0.388. The fourth-order valence-corrected chi connectivity index (χ4v) is 3.47. The Kier molecular flexibility index (Phi) is 6.21. The first-order chi connectivity index (χ1) is 9.78. The highest BCUT2D eigenvalue weighted by molar-refractivity contribution is 7.80. The van der Waals surface area contributed by atoms with Crippen molar-refractivity contribution in [1.29, 1.82) is 5.26 Å². The molecule has 0 aromatic heterocycles. The summed E-state index contributed by atoms with van der Waals surface area (Å²) < 4.78 is 0. The van der Waals surface area contributed by atoms with E-state index in [0.29, 0.717) is 0 Å². The fourth-order valence-electron chi connectivity index (χ4n) is 3.06. The Labute approximate surface area is 128 Å². The van der Waals surface area contributed by atoms with Crippen LogP contribution in [0.2, 0.25) is 0 Å². The lowest BCUT2D eigenvalue weighted by Crippen LogP contribution is -2.11. The molecule has 1 fully saturated rings. The maximum absolute atomic E-state index is 8.80. The van der Waals surface area contributed by atoms with Crippen LogP contribution in [0, 0.1) is 17.2 Å². The molecular weight excluding hydrogens is 262 g/mol. The van der Waals surface area contributed by atoms with E-state index in [2.05, 4.69) is 6.07 Å². The van der Waals surface area contributed by atoms with Crippen LogP contribution in [0.1, 0.15) is 62.5 Å². The average molecular weight is 285 g/mol. The van der Waals surface area contributed by atoms with Gasteiger partial charge in [0.2, 0.25) is 0 Å². The molecule has 0 unspecified atom stereocenters. The zero-order valence-electron chi connectivity index (χ0n) is 12.1. The molecular formula is C18H23NS. The molecule has 1 aromatic carbocycles. The molecule has 20 heavy (non-hydrogen) atoms. The van der Waals surface area contributed by atoms with E-state index in [9.17, 15) is 0 Å². The van der Waals surface area contributed by atoms with Crippen LogP contribution in [0.5, 0.6) is 0 Å². The molecule has 0 bridgehead atoms. The summed E-state index contributed by atoms with van der Waals surface area (Å²) in [7, 11) is 0. The van der Waals surface area contributed by atoms with Crippen LogP contribution in [0.25, 0.3) is 0 Å². The van der Waals surface area contributed by atoms with Crippen LogP contribution in [0.4, 0.5) is 0 Å². The van der Waals surface area contributed by atoms with E-state index in [-0.39, 0.29) is 0 Å². The van der Waals surface area contributed by atoms with Crippen molar-refractivity contribution in [2.24, 2.45) is 5.92 Å². The quantitative estimate of drug-likeness (QED) is 0.708. The largest absolute Gasteiger partial charge is 0.192 e. The lowest BCUT2D eigenvalue weighted by atomic mass is 9.87. The molecule has 2 heteroatoms. The van der Waals surface area contributed by atoms with Gasteiger partial charge in [-0.15, -0.1) is 0 Å². The first kappa shape index (κ1) is 15.2. The second kappa shape index (κ2) is 8.17. The highest BCUT2D eigenvalue weighted by Gasteiger charge is 2.13. The monoisotopic (exact) mass is 285 g/mol. The van der Waals surface area contributed by atoms with E-state index in [1.165, 1.54) is 55.4 Å². The number of hydrogen-bond acceptors (Lipinski definition) is 2. The zero-order chi connectivity index (χ0) is 14.2. The lowest BCUT2D eigenvalue weighted by Gasteiger charge is -2.20. The van der Waals surface area contributed by atoms with Crippen molar-refractivity contribution in [2.45, 2.75) is 57.8 Å². The maximum atomic E-state index is 8.80. The van der Waals surface area contributed by atoms with Gasteiger partial charge in [-0.3, -0.25) is 0 Å². The summed E-state index contributed by atoms with van der Waals surface area (Å²) in [5.74, 6) is 0.807. The van der Waals surface area contributed by atoms with Crippen LogP contribution in [-0.4, -0.2) is 4.86 Å². The number of hydrogen-bond donors (Lipinski definition) is 0. The normalized spacial score (nSPS) is 16.9. The van der Waals surface area contributed by atoms with E-state index < -0.39 is 0 Å². The Balaban J connectivity index is 1.82. The van der Waals surface area contributed by atoms with Crippen LogP contribution < -0.4 is 0 Å². The van der Waals surface area contributed by atoms with Crippen LogP contribution >= 0.6 is 12.2 Å². The molecule has 1 aromatic rings. The van der Waals surface area contributed by atoms with E-state index in [0.717, 1.165) is 24.3 Å². The van der Waals surface area contributed by atoms with Crippen molar-refractivity contribution in [2.75, 3.05) is 0 Å². The molecule has 106 valence electrons. The number of benzene rings is 1. The van der Waals surface area contributed by atoms with Crippen molar-refractivity contribution in [1.82, 2.24) is 0 Å². The molecule has 0 atom stereocenters. The highest BCUT2D eigenvalue weighted by atomic mass is 32.1. The predicted molar refractivity (Wildman–Crippen MR) is 87.9 cm³/mol. The van der Waals surface area contributed by atoms with Crippen LogP contribution in [0.3, 0.4) is 0 Å². The summed E-state index contributed by atoms with van der Waals surface area (Å²) in [5.41, 5.74) is 1.96. The molecule has 2 rings (SSSR count). The Morgan fingerprint density at radius 2 is 1.65 bits per heavy atom. The van der Waals surface area contributed by atoms with E-state index >= 15 is 0 Å². The topological polar surface area (TPSA) is 23.8 Å². The third-order valence-electron chi connectivity index (χ3n) is 4.23. The average Bonchev–Trinajstić information content (AvgIpc) is 2.42. The molecule has 1 aliphatic carbocycles. The molecule has 0 aliphatic heterocycles. The molecule has 1 saturated carbocycles. The van der Waals surface area contributed by atoms with Gasteiger partial charge in [-0.25, -0.2) is 0 Å². The highest BCUT2D eigenvalue weighted by Crippen LogP contribution is 2.25. The minimum absolute atomic E-state index is 0.722. The number of nitrogens with zero attached hydrogens (tertiary/aromatic N) is 1. The van der Waals surface area contributed by atoms with Gasteiger partial charge in [-0.2, -0.15) is 5.26 Å². The molecule has 0 N–H and O–H groups in total. The van der Waals surface area contributed by atoms with Crippen LogP contribution in [-0.2, 0) is 6.42 Å². The molecule has 1 aliphatic rings. The van der Waals surface area contributed by atoms with Gasteiger partial charge < -0.3 is 0 Å². The van der Waals surface area contributed by atoms with Crippen molar-refractivity contribution >= 4 is 17.1 Å². The van der Waals surface area contributed by atoms with Gasteiger partial charge >= 0.3 is 0 Å². The standard InChI is InChI=1S/C18H23NS/c19-14-17-10-8-16(9-11-17)13-18(20)12-15-6-4-2-1-3-5-7-15/h8-11,15H,1-7,12-13H2. The maximum Gasteiger partial charge on any atom is 0.0991 e. The van der Waals surface area contributed by atoms with Gasteiger partial charge in [0.1, 0.15) is 0 Å². The summed E-state index contributed by atoms with van der Waals surface area (Å²) in [6.07, 6.45) is 11.7. The third-order valence-corrected chi connectivity index (χ3v) is 4.54. The zero-order valence-corrected chi connectivity index (χ0v) is 12.9.